The molecule has 1 atom stereocenters. The van der Waals surface area contributed by atoms with Crippen LogP contribution in [0.25, 0.3) is 0 Å². The number of nitrogens with one attached hydrogen (secondary N) is 2. The summed E-state index contributed by atoms with van der Waals surface area (Å²) < 4.78 is 19.2. The Morgan fingerprint density at radius 2 is 1.79 bits per heavy atom. The number of para-hydroxylation sites is 2. The Morgan fingerprint density at radius 1 is 1.00 bits per heavy atom. The van der Waals surface area contributed by atoms with E-state index in [1.807, 2.05) is 56.3 Å². The van der Waals surface area contributed by atoms with Gasteiger partial charge in [0.05, 0.1) is 25.0 Å². The third kappa shape index (κ3) is 5.43. The Labute approximate surface area is 227 Å². The molecule has 200 valence electrons. The van der Waals surface area contributed by atoms with Crippen LogP contribution in [0.2, 0.25) is 0 Å². The Hall–Kier alpha value is -4.79. The molecule has 9 nitrogen and oxygen atoms in total. The number of carbonyl (C=O) groups excluding carboxylic acids is 1. The molecule has 0 fully saturated rings. The maximum atomic E-state index is 13.7. The molecule has 1 aliphatic heterocycles. The second-order valence-electron chi connectivity index (χ2n) is 9.16. The lowest BCUT2D eigenvalue weighted by Crippen LogP contribution is -2.31. The van der Waals surface area contributed by atoms with Crippen molar-refractivity contribution in [2.24, 2.45) is 0 Å². The second-order valence-corrected chi connectivity index (χ2v) is 9.16. The maximum absolute atomic E-state index is 13.7. The first kappa shape index (κ1) is 25.8. The van der Waals surface area contributed by atoms with Crippen molar-refractivity contribution in [3.05, 3.63) is 101 Å². The molecule has 1 amide bonds. The largest absolute Gasteiger partial charge is 0.495 e. The fraction of sp³-hybridized carbons (Fsp3) is 0.233. The number of hydrogen-bond acceptors (Lipinski definition) is 7. The summed E-state index contributed by atoms with van der Waals surface area (Å²) in [6.45, 7) is 6.70. The molecule has 0 radical (unpaired) electrons. The predicted molar refractivity (Wildman–Crippen MR) is 149 cm³/mol. The van der Waals surface area contributed by atoms with Crippen LogP contribution in [-0.4, -0.2) is 34.4 Å². The first-order valence-electron chi connectivity index (χ1n) is 12.7. The van der Waals surface area contributed by atoms with E-state index in [1.54, 1.807) is 23.9 Å². The number of benzene rings is 3. The van der Waals surface area contributed by atoms with E-state index >= 15 is 0 Å². The Kier molecular flexibility index (Phi) is 7.49. The molecule has 1 aromatic heterocycles. The van der Waals surface area contributed by atoms with Gasteiger partial charge in [-0.25, -0.2) is 4.68 Å². The van der Waals surface area contributed by atoms with Gasteiger partial charge in [-0.1, -0.05) is 48.0 Å². The van der Waals surface area contributed by atoms with Crippen LogP contribution in [0.1, 0.15) is 36.6 Å². The first-order chi connectivity index (χ1) is 19.0. The molecule has 0 spiro atoms. The van der Waals surface area contributed by atoms with Crippen LogP contribution < -0.4 is 24.8 Å². The number of rotatable bonds is 9. The summed E-state index contributed by atoms with van der Waals surface area (Å²) in [7, 11) is 1.57. The van der Waals surface area contributed by atoms with Crippen molar-refractivity contribution in [2.45, 2.75) is 33.4 Å². The molecule has 3 aromatic carbocycles. The quantitative estimate of drug-likeness (QED) is 0.298. The minimum atomic E-state index is -0.552. The molecule has 0 bridgehead atoms. The van der Waals surface area contributed by atoms with Gasteiger partial charge in [0.15, 0.2) is 11.5 Å². The van der Waals surface area contributed by atoms with Gasteiger partial charge >= 0.3 is 0 Å². The van der Waals surface area contributed by atoms with Gasteiger partial charge in [-0.15, -0.1) is 0 Å². The van der Waals surface area contributed by atoms with Crippen LogP contribution in [0.5, 0.6) is 17.2 Å². The number of methoxy groups -OCH3 is 1. The zero-order chi connectivity index (χ0) is 27.4. The van der Waals surface area contributed by atoms with E-state index in [1.165, 1.54) is 11.9 Å². The van der Waals surface area contributed by atoms with Crippen molar-refractivity contribution in [3.63, 3.8) is 0 Å². The van der Waals surface area contributed by atoms with Gasteiger partial charge < -0.3 is 24.8 Å². The SMILES string of the molecule is CCOc1cc([C@@H]2C(C(=O)Nc3ccccc3OC)=C(C)Nc3ncnn32)ccc1OCc1ccc(C)cc1. The van der Waals surface area contributed by atoms with Gasteiger partial charge in [-0.2, -0.15) is 10.1 Å². The minimum Gasteiger partial charge on any atom is -0.495 e. The summed E-state index contributed by atoms with van der Waals surface area (Å²) in [5.41, 5.74) is 4.80. The van der Waals surface area contributed by atoms with E-state index in [0.717, 1.165) is 11.1 Å². The average molecular weight is 526 g/mol. The van der Waals surface area contributed by atoms with Crippen molar-refractivity contribution < 1.29 is 19.0 Å². The average Bonchev–Trinajstić information content (AvgIpc) is 3.41. The smallest absolute Gasteiger partial charge is 0.255 e. The second kappa shape index (κ2) is 11.3. The highest BCUT2D eigenvalue weighted by molar-refractivity contribution is 6.06. The van der Waals surface area contributed by atoms with E-state index < -0.39 is 6.04 Å². The first-order valence-corrected chi connectivity index (χ1v) is 12.7. The van der Waals surface area contributed by atoms with Crippen molar-refractivity contribution in [2.75, 3.05) is 24.4 Å². The number of carbonyl (C=O) groups is 1. The highest BCUT2D eigenvalue weighted by Gasteiger charge is 2.34. The third-order valence-electron chi connectivity index (χ3n) is 6.49. The summed E-state index contributed by atoms with van der Waals surface area (Å²) in [5, 5.41) is 10.6. The fourth-order valence-corrected chi connectivity index (χ4v) is 4.56. The van der Waals surface area contributed by atoms with Crippen LogP contribution in [0.3, 0.4) is 0 Å². The normalized spacial score (nSPS) is 14.3. The molecule has 5 rings (SSSR count). The third-order valence-corrected chi connectivity index (χ3v) is 6.49. The molecule has 2 N–H and O–H groups in total. The number of aromatic nitrogens is 3. The molecular weight excluding hydrogens is 494 g/mol. The number of aryl methyl sites for hydroxylation is 1. The van der Waals surface area contributed by atoms with E-state index in [2.05, 4.69) is 39.8 Å². The number of allylic oxidation sites excluding steroid dienone is 1. The molecule has 9 heteroatoms. The van der Waals surface area contributed by atoms with Gasteiger partial charge in [0.2, 0.25) is 5.95 Å². The highest BCUT2D eigenvalue weighted by Crippen LogP contribution is 2.39. The number of amides is 1. The lowest BCUT2D eigenvalue weighted by atomic mass is 9.94. The standard InChI is InChI=1S/C30H31N5O4/c1-5-38-26-16-22(14-15-25(26)39-17-21-12-10-19(2)11-13-21)28-27(20(3)33-30-31-18-32-35(28)30)29(36)34-23-8-6-7-9-24(23)37-4/h6-16,18,28H,5,17H2,1-4H3,(H,34,36)(H,31,32,33)/t28-/m1/s1. The molecule has 0 saturated carbocycles. The minimum absolute atomic E-state index is 0.284. The topological polar surface area (TPSA) is 99.5 Å². The van der Waals surface area contributed by atoms with Crippen LogP contribution in [0.15, 0.2) is 84.3 Å². The molecule has 0 aliphatic carbocycles. The number of hydrogen-bond donors (Lipinski definition) is 2. The lowest BCUT2D eigenvalue weighted by Gasteiger charge is -2.29. The number of ether oxygens (including phenoxy) is 3. The highest BCUT2D eigenvalue weighted by atomic mass is 16.5. The lowest BCUT2D eigenvalue weighted by molar-refractivity contribution is -0.113. The molecule has 0 saturated heterocycles. The number of nitrogens with zero attached hydrogens (tertiary/aromatic N) is 3. The van der Waals surface area contributed by atoms with Gasteiger partial charge in [-0.3, -0.25) is 4.79 Å². The summed E-state index contributed by atoms with van der Waals surface area (Å²) in [5.74, 6) is 2.04. The van der Waals surface area contributed by atoms with Crippen LogP contribution in [0.4, 0.5) is 11.6 Å². The number of anilines is 2. The molecule has 0 unspecified atom stereocenters. The summed E-state index contributed by atoms with van der Waals surface area (Å²) >= 11 is 0. The Bertz CT molecular complexity index is 1510. The monoisotopic (exact) mass is 525 g/mol. The van der Waals surface area contributed by atoms with Crippen LogP contribution >= 0.6 is 0 Å². The zero-order valence-electron chi connectivity index (χ0n) is 22.4. The number of fused-ring (bicyclic) bond motifs is 1. The predicted octanol–water partition coefficient (Wildman–Crippen LogP) is 5.50. The van der Waals surface area contributed by atoms with Crippen molar-refractivity contribution in [1.82, 2.24) is 14.8 Å². The molecule has 39 heavy (non-hydrogen) atoms. The van der Waals surface area contributed by atoms with E-state index in [4.69, 9.17) is 14.2 Å². The summed E-state index contributed by atoms with van der Waals surface area (Å²) in [6.07, 6.45) is 1.46. The molecule has 1 aliphatic rings. The summed E-state index contributed by atoms with van der Waals surface area (Å²) in [6, 6.07) is 20.7. The molecular formula is C30H31N5O4. The fourth-order valence-electron chi connectivity index (χ4n) is 4.56. The van der Waals surface area contributed by atoms with Crippen LogP contribution in [0, 0.1) is 6.92 Å². The van der Waals surface area contributed by atoms with Crippen LogP contribution in [-0.2, 0) is 11.4 Å². The Morgan fingerprint density at radius 3 is 2.56 bits per heavy atom. The van der Waals surface area contributed by atoms with Gasteiger partial charge in [0.25, 0.3) is 5.91 Å². The van der Waals surface area contributed by atoms with Gasteiger partial charge in [-0.05, 0) is 56.2 Å². The van der Waals surface area contributed by atoms with E-state index in [-0.39, 0.29) is 5.91 Å². The molecule has 2 heterocycles. The Balaban J connectivity index is 1.49. The van der Waals surface area contributed by atoms with Crippen molar-refractivity contribution in [3.8, 4) is 17.2 Å². The zero-order valence-corrected chi connectivity index (χ0v) is 22.4. The summed E-state index contributed by atoms with van der Waals surface area (Å²) in [4.78, 5) is 18.1. The van der Waals surface area contributed by atoms with Crippen molar-refractivity contribution >= 4 is 17.5 Å². The van der Waals surface area contributed by atoms with Gasteiger partial charge in [0, 0.05) is 5.70 Å². The maximum Gasteiger partial charge on any atom is 0.255 e. The van der Waals surface area contributed by atoms with Gasteiger partial charge in [0.1, 0.15) is 24.7 Å². The van der Waals surface area contributed by atoms with E-state index in [9.17, 15) is 4.79 Å². The molecule has 4 aromatic rings. The van der Waals surface area contributed by atoms with Crippen molar-refractivity contribution in [1.29, 1.82) is 0 Å². The van der Waals surface area contributed by atoms with E-state index in [0.29, 0.717) is 53.4 Å².